The summed E-state index contributed by atoms with van der Waals surface area (Å²) < 4.78 is 0. The van der Waals surface area contributed by atoms with Crippen LogP contribution in [-0.2, 0) is 0 Å². The fourth-order valence-corrected chi connectivity index (χ4v) is 2.02. The molecule has 0 unspecified atom stereocenters. The number of carbonyl (C=O) groups excluding carboxylic acids is 1. The first-order valence-electron chi connectivity index (χ1n) is 6.26. The molecule has 18 heavy (non-hydrogen) atoms. The van der Waals surface area contributed by atoms with Crippen molar-refractivity contribution in [2.45, 2.75) is 6.92 Å². The summed E-state index contributed by atoms with van der Waals surface area (Å²) in [4.78, 5) is 24.7. The average Bonchev–Trinajstić information content (AvgIpc) is 2.46. The van der Waals surface area contributed by atoms with Crippen LogP contribution in [0.1, 0.15) is 17.4 Å². The lowest BCUT2D eigenvalue weighted by molar-refractivity contribution is 0.0637. The lowest BCUT2D eigenvalue weighted by Crippen LogP contribution is -2.48. The zero-order chi connectivity index (χ0) is 13.0. The van der Waals surface area contributed by atoms with E-state index in [2.05, 4.69) is 27.1 Å². The van der Waals surface area contributed by atoms with Crippen LogP contribution in [0.15, 0.2) is 12.4 Å². The molecule has 1 aromatic heterocycles. The average molecular weight is 249 g/mol. The molecule has 0 atom stereocenters. The van der Waals surface area contributed by atoms with Crippen molar-refractivity contribution in [1.29, 1.82) is 0 Å². The molecule has 6 nitrogen and oxygen atoms in total. The molecule has 0 aromatic carbocycles. The predicted octanol–water partition coefficient (Wildman–Crippen LogP) is 0.296. The summed E-state index contributed by atoms with van der Waals surface area (Å²) in [5.74, 6) is 0.586. The summed E-state index contributed by atoms with van der Waals surface area (Å²) >= 11 is 0. The fourth-order valence-electron chi connectivity index (χ4n) is 2.02. The molecule has 1 N–H and O–H groups in total. The van der Waals surface area contributed by atoms with E-state index in [0.29, 0.717) is 11.5 Å². The van der Waals surface area contributed by atoms with Crippen LogP contribution in [0.4, 0.5) is 5.82 Å². The normalized spacial score (nSPS) is 16.7. The summed E-state index contributed by atoms with van der Waals surface area (Å²) in [6, 6.07) is 0. The monoisotopic (exact) mass is 249 g/mol. The largest absolute Gasteiger partial charge is 0.372 e. The van der Waals surface area contributed by atoms with E-state index in [1.807, 2.05) is 4.90 Å². The molecule has 0 aliphatic carbocycles. The van der Waals surface area contributed by atoms with Crippen LogP contribution in [0.2, 0.25) is 0 Å². The van der Waals surface area contributed by atoms with Crippen molar-refractivity contribution in [2.75, 3.05) is 45.1 Å². The number of hydrogen-bond donors (Lipinski definition) is 1. The molecule has 2 rings (SSSR count). The van der Waals surface area contributed by atoms with Gasteiger partial charge in [-0.05, 0) is 6.54 Å². The molecule has 1 amide bonds. The molecule has 1 aliphatic heterocycles. The Hall–Kier alpha value is -1.69. The van der Waals surface area contributed by atoms with E-state index in [-0.39, 0.29) is 5.91 Å². The molecule has 1 aromatic rings. The maximum Gasteiger partial charge on any atom is 0.274 e. The van der Waals surface area contributed by atoms with Crippen LogP contribution in [0.5, 0.6) is 0 Å². The SMILES string of the molecule is CCN1CCN(C(=O)c2cncc(NC)n2)CC1. The minimum Gasteiger partial charge on any atom is -0.372 e. The first-order valence-corrected chi connectivity index (χ1v) is 6.26. The Bertz CT molecular complexity index is 415. The van der Waals surface area contributed by atoms with Crippen LogP contribution in [0, 0.1) is 0 Å². The maximum atomic E-state index is 12.2. The van der Waals surface area contributed by atoms with E-state index >= 15 is 0 Å². The number of anilines is 1. The Kier molecular flexibility index (Phi) is 4.09. The molecule has 0 bridgehead atoms. The molecule has 0 radical (unpaired) electrons. The molecule has 1 fully saturated rings. The van der Waals surface area contributed by atoms with Crippen LogP contribution >= 0.6 is 0 Å². The fraction of sp³-hybridized carbons (Fsp3) is 0.583. The van der Waals surface area contributed by atoms with Gasteiger partial charge in [0.25, 0.3) is 5.91 Å². The van der Waals surface area contributed by atoms with Crippen LogP contribution < -0.4 is 5.32 Å². The molecule has 98 valence electrons. The predicted molar refractivity (Wildman–Crippen MR) is 69.6 cm³/mol. The van der Waals surface area contributed by atoms with Crippen LogP contribution in [0.3, 0.4) is 0 Å². The Morgan fingerprint density at radius 3 is 2.67 bits per heavy atom. The van der Waals surface area contributed by atoms with Gasteiger partial charge in [-0.2, -0.15) is 0 Å². The van der Waals surface area contributed by atoms with Gasteiger partial charge >= 0.3 is 0 Å². The number of nitrogens with one attached hydrogen (secondary N) is 1. The van der Waals surface area contributed by atoms with E-state index in [0.717, 1.165) is 32.7 Å². The number of likely N-dealkylation sites (N-methyl/N-ethyl adjacent to an activating group) is 1. The second-order valence-corrected chi connectivity index (χ2v) is 4.27. The lowest BCUT2D eigenvalue weighted by Gasteiger charge is -2.33. The standard InChI is InChI=1S/C12H19N5O/c1-3-16-4-6-17(7-5-16)12(18)10-8-14-9-11(13-2)15-10/h8-9H,3-7H2,1-2H3,(H,13,15). The van der Waals surface area contributed by atoms with Gasteiger partial charge in [0.1, 0.15) is 11.5 Å². The van der Waals surface area contributed by atoms with Gasteiger partial charge in [-0.15, -0.1) is 0 Å². The van der Waals surface area contributed by atoms with Gasteiger partial charge in [-0.25, -0.2) is 4.98 Å². The van der Waals surface area contributed by atoms with Crippen molar-refractivity contribution >= 4 is 11.7 Å². The maximum absolute atomic E-state index is 12.2. The van der Waals surface area contributed by atoms with Crippen LogP contribution in [0.25, 0.3) is 0 Å². The number of rotatable bonds is 3. The van der Waals surface area contributed by atoms with Crippen molar-refractivity contribution in [3.05, 3.63) is 18.1 Å². The van der Waals surface area contributed by atoms with Crippen LogP contribution in [-0.4, -0.2) is 65.4 Å². The number of piperazine rings is 1. The van der Waals surface area contributed by atoms with Crippen molar-refractivity contribution in [3.8, 4) is 0 Å². The molecule has 1 aliphatic rings. The first kappa shape index (κ1) is 12.8. The van der Waals surface area contributed by atoms with E-state index in [4.69, 9.17) is 0 Å². The highest BCUT2D eigenvalue weighted by atomic mass is 16.2. The van der Waals surface area contributed by atoms with Gasteiger partial charge in [0, 0.05) is 33.2 Å². The summed E-state index contributed by atoms with van der Waals surface area (Å²) in [6.07, 6.45) is 3.13. The molecule has 1 saturated heterocycles. The molecular formula is C12H19N5O. The molecule has 2 heterocycles. The lowest BCUT2D eigenvalue weighted by atomic mass is 10.3. The summed E-state index contributed by atoms with van der Waals surface area (Å²) in [5.41, 5.74) is 0.409. The molecule has 0 spiro atoms. The zero-order valence-corrected chi connectivity index (χ0v) is 10.9. The first-order chi connectivity index (χ1) is 8.74. The third-order valence-electron chi connectivity index (χ3n) is 3.22. The van der Waals surface area contributed by atoms with Gasteiger partial charge in [0.15, 0.2) is 0 Å². The second kappa shape index (κ2) is 5.77. The highest BCUT2D eigenvalue weighted by Crippen LogP contribution is 2.08. The molecular weight excluding hydrogens is 230 g/mol. The Balaban J connectivity index is 2.03. The Morgan fingerprint density at radius 2 is 2.06 bits per heavy atom. The number of nitrogens with zero attached hydrogens (tertiary/aromatic N) is 4. The van der Waals surface area contributed by atoms with Crippen molar-refractivity contribution in [2.24, 2.45) is 0 Å². The van der Waals surface area contributed by atoms with E-state index in [9.17, 15) is 4.79 Å². The minimum atomic E-state index is -0.0321. The van der Waals surface area contributed by atoms with Gasteiger partial charge < -0.3 is 15.1 Å². The summed E-state index contributed by atoms with van der Waals surface area (Å²) in [7, 11) is 1.76. The molecule has 0 saturated carbocycles. The molecule has 6 heteroatoms. The van der Waals surface area contributed by atoms with Gasteiger partial charge in [0.2, 0.25) is 0 Å². The topological polar surface area (TPSA) is 61.4 Å². The quantitative estimate of drug-likeness (QED) is 0.834. The van der Waals surface area contributed by atoms with E-state index in [1.165, 1.54) is 6.20 Å². The third-order valence-corrected chi connectivity index (χ3v) is 3.22. The summed E-state index contributed by atoms with van der Waals surface area (Å²) in [5, 5.41) is 2.89. The highest BCUT2D eigenvalue weighted by Gasteiger charge is 2.22. The number of carbonyl (C=O) groups is 1. The smallest absolute Gasteiger partial charge is 0.274 e. The number of hydrogen-bond acceptors (Lipinski definition) is 5. The summed E-state index contributed by atoms with van der Waals surface area (Å²) in [6.45, 7) is 6.56. The second-order valence-electron chi connectivity index (χ2n) is 4.27. The third kappa shape index (κ3) is 2.76. The Labute approximate surface area is 107 Å². The van der Waals surface area contributed by atoms with Gasteiger partial charge in [-0.3, -0.25) is 9.78 Å². The zero-order valence-electron chi connectivity index (χ0n) is 10.9. The van der Waals surface area contributed by atoms with Gasteiger partial charge in [-0.1, -0.05) is 6.92 Å². The Morgan fingerprint density at radius 1 is 1.33 bits per heavy atom. The number of amides is 1. The minimum absolute atomic E-state index is 0.0321. The van der Waals surface area contributed by atoms with Crippen molar-refractivity contribution < 1.29 is 4.79 Å². The highest BCUT2D eigenvalue weighted by molar-refractivity contribution is 5.92. The van der Waals surface area contributed by atoms with E-state index < -0.39 is 0 Å². The number of aromatic nitrogens is 2. The van der Waals surface area contributed by atoms with E-state index in [1.54, 1.807) is 13.2 Å². The van der Waals surface area contributed by atoms with Crippen molar-refractivity contribution in [3.63, 3.8) is 0 Å². The van der Waals surface area contributed by atoms with Gasteiger partial charge in [0.05, 0.1) is 12.4 Å². The van der Waals surface area contributed by atoms with Crippen molar-refractivity contribution in [1.82, 2.24) is 19.8 Å².